The summed E-state index contributed by atoms with van der Waals surface area (Å²) < 4.78 is 32.6. The molecular formula is C46H77O13P. The molecule has 0 radical (unpaired) electrons. The van der Waals surface area contributed by atoms with Crippen molar-refractivity contribution in [3.8, 4) is 0 Å². The molecule has 0 saturated heterocycles. The second-order valence-corrected chi connectivity index (χ2v) is 17.0. The van der Waals surface area contributed by atoms with Gasteiger partial charge in [0, 0.05) is 31.1 Å². The number of Topliss-reactive ketones (excluding diaryl/α,β-unsaturated/α-hetero) is 1. The zero-order valence-electron chi connectivity index (χ0n) is 36.4. The van der Waals surface area contributed by atoms with E-state index in [0.29, 0.717) is 38.5 Å². The molecule has 0 aromatic carbocycles. The summed E-state index contributed by atoms with van der Waals surface area (Å²) in [7, 11) is -4.71. The van der Waals surface area contributed by atoms with E-state index in [2.05, 4.69) is 42.7 Å². The summed E-state index contributed by atoms with van der Waals surface area (Å²) in [6, 6.07) is 0. The third-order valence-corrected chi connectivity index (χ3v) is 11.0. The van der Waals surface area contributed by atoms with Gasteiger partial charge in [0.05, 0.1) is 32.0 Å². The number of rotatable bonds is 37. The fraction of sp³-hybridized carbons (Fsp3) is 0.717. The van der Waals surface area contributed by atoms with Crippen molar-refractivity contribution in [3.63, 3.8) is 0 Å². The van der Waals surface area contributed by atoms with E-state index >= 15 is 0 Å². The minimum atomic E-state index is -4.71. The second-order valence-electron chi connectivity index (χ2n) is 15.5. The Morgan fingerprint density at radius 3 is 1.98 bits per heavy atom. The Morgan fingerprint density at radius 2 is 1.32 bits per heavy atom. The molecule has 344 valence electrons. The molecule has 0 spiro atoms. The van der Waals surface area contributed by atoms with Crippen molar-refractivity contribution >= 4 is 25.5 Å². The number of hydrogen-bond acceptors (Lipinski definition) is 12. The molecule has 0 heterocycles. The molecule has 1 fully saturated rings. The molecular weight excluding hydrogens is 791 g/mol. The van der Waals surface area contributed by atoms with E-state index in [1.54, 1.807) is 12.2 Å². The summed E-state index contributed by atoms with van der Waals surface area (Å²) in [5.41, 5.74) is 0. The number of aliphatic hydroxyl groups excluding tert-OH is 4. The quantitative estimate of drug-likeness (QED) is 0.0172. The van der Waals surface area contributed by atoms with E-state index < -0.39 is 76.5 Å². The van der Waals surface area contributed by atoms with E-state index in [-0.39, 0.29) is 31.0 Å². The van der Waals surface area contributed by atoms with Gasteiger partial charge in [-0.1, -0.05) is 126 Å². The van der Waals surface area contributed by atoms with E-state index in [0.717, 1.165) is 38.5 Å². The number of unbranched alkanes of at least 4 members (excludes halogenated alkanes) is 10. The van der Waals surface area contributed by atoms with E-state index in [4.69, 9.17) is 19.1 Å². The van der Waals surface area contributed by atoms with E-state index in [1.807, 2.05) is 24.3 Å². The van der Waals surface area contributed by atoms with Crippen molar-refractivity contribution in [1.29, 1.82) is 0 Å². The van der Waals surface area contributed by atoms with Gasteiger partial charge in [0.15, 0.2) is 6.10 Å². The maximum Gasteiger partial charge on any atom is 0.472 e. The summed E-state index contributed by atoms with van der Waals surface area (Å²) in [5.74, 6) is -2.02. The van der Waals surface area contributed by atoms with Gasteiger partial charge in [-0.2, -0.15) is 0 Å². The van der Waals surface area contributed by atoms with Crippen LogP contribution >= 0.6 is 7.82 Å². The molecule has 0 aromatic heterocycles. The third-order valence-electron chi connectivity index (χ3n) is 10.0. The second kappa shape index (κ2) is 35.8. The molecule has 1 aliphatic carbocycles. The average Bonchev–Trinajstić information content (AvgIpc) is 3.49. The van der Waals surface area contributed by atoms with Crippen LogP contribution in [0.3, 0.4) is 0 Å². The number of allylic oxidation sites excluding steroid dienone is 9. The van der Waals surface area contributed by atoms with Crippen LogP contribution in [0.4, 0.5) is 0 Å². The normalized spacial score (nSPS) is 19.9. The Bertz CT molecular complexity index is 1340. The summed E-state index contributed by atoms with van der Waals surface area (Å²) in [4.78, 5) is 47.7. The largest absolute Gasteiger partial charge is 0.472 e. The van der Waals surface area contributed by atoms with Crippen molar-refractivity contribution in [2.75, 3.05) is 26.4 Å². The molecule has 60 heavy (non-hydrogen) atoms. The van der Waals surface area contributed by atoms with Crippen LogP contribution in [-0.2, 0) is 37.5 Å². The van der Waals surface area contributed by atoms with Crippen LogP contribution < -0.4 is 0 Å². The van der Waals surface area contributed by atoms with Gasteiger partial charge in [0.25, 0.3) is 0 Å². The molecule has 0 amide bonds. The Labute approximate surface area is 359 Å². The van der Waals surface area contributed by atoms with Crippen LogP contribution in [0.5, 0.6) is 0 Å². The Morgan fingerprint density at radius 1 is 0.750 bits per heavy atom. The Balaban J connectivity index is 2.51. The van der Waals surface area contributed by atoms with Crippen LogP contribution in [0.1, 0.15) is 149 Å². The number of phosphoric ester groups is 1. The van der Waals surface area contributed by atoms with Gasteiger partial charge in [0.2, 0.25) is 0 Å². The number of esters is 2. The summed E-state index contributed by atoms with van der Waals surface area (Å²) in [5, 5.41) is 39.1. The molecule has 0 aliphatic heterocycles. The fourth-order valence-corrected chi connectivity index (χ4v) is 7.25. The lowest BCUT2D eigenvalue weighted by atomic mass is 9.90. The van der Waals surface area contributed by atoms with Crippen LogP contribution in [0.2, 0.25) is 0 Å². The molecule has 14 heteroatoms. The first-order chi connectivity index (χ1) is 28.9. The lowest BCUT2D eigenvalue weighted by Crippen LogP contribution is -2.29. The van der Waals surface area contributed by atoms with E-state index in [1.165, 1.54) is 38.5 Å². The Hall–Kier alpha value is -2.74. The summed E-state index contributed by atoms with van der Waals surface area (Å²) in [6.45, 7) is 1.89. The topological polar surface area (TPSA) is 206 Å². The predicted octanol–water partition coefficient (Wildman–Crippen LogP) is 8.48. The smallest absolute Gasteiger partial charge is 0.462 e. The van der Waals surface area contributed by atoms with Gasteiger partial charge in [-0.15, -0.1) is 0 Å². The standard InChI is InChI=1S/C46H77O13P/c1-3-5-7-8-9-10-11-12-13-14-15-16-17-18-19-20-25-29-45(52)56-36-40(37-58-60(54,55)57-35-39(49)34-47)59-46(53)30-26-22-21-24-28-41-42(44(51)33-43(41)50)32-31-38(48)27-23-6-4-2/h12-13,15-16,18-19,21,24,31-32,38-43,47-50H,3-11,14,17,20,22-23,25-30,33-37H2,1-2H3,(H,54,55)/b13-12-,16-15-,19-18-,24-21-,32-31+/t38-,39-,40+,41+,42+,43-/m0/s1. The molecule has 7 atom stereocenters. The van der Waals surface area contributed by atoms with Crippen molar-refractivity contribution in [2.45, 2.75) is 173 Å². The monoisotopic (exact) mass is 869 g/mol. The highest BCUT2D eigenvalue weighted by molar-refractivity contribution is 7.47. The van der Waals surface area contributed by atoms with Crippen molar-refractivity contribution < 1.29 is 62.8 Å². The SMILES string of the molecule is CCCCCCCC/C=C\C/C=C\C/C=C\CCCC(=O)OC[C@H](COP(=O)(O)OC[C@@H](O)CO)OC(=O)CCC/C=C\C[C@H]1[C@@H](O)CC(=O)[C@@H]1/C=C/[C@@H](O)CCCCC. The van der Waals surface area contributed by atoms with Crippen molar-refractivity contribution in [3.05, 3.63) is 60.8 Å². The zero-order valence-corrected chi connectivity index (χ0v) is 37.3. The molecule has 0 bridgehead atoms. The van der Waals surface area contributed by atoms with Gasteiger partial charge in [-0.3, -0.25) is 23.4 Å². The summed E-state index contributed by atoms with van der Waals surface area (Å²) >= 11 is 0. The van der Waals surface area contributed by atoms with Gasteiger partial charge >= 0.3 is 19.8 Å². The Kier molecular flexibility index (Phi) is 33.0. The van der Waals surface area contributed by atoms with Crippen molar-refractivity contribution in [2.24, 2.45) is 11.8 Å². The zero-order chi connectivity index (χ0) is 44.3. The average molecular weight is 869 g/mol. The van der Waals surface area contributed by atoms with Crippen LogP contribution in [0.25, 0.3) is 0 Å². The third kappa shape index (κ3) is 29.5. The molecule has 1 aliphatic rings. The lowest BCUT2D eigenvalue weighted by molar-refractivity contribution is -0.161. The predicted molar refractivity (Wildman–Crippen MR) is 234 cm³/mol. The molecule has 5 N–H and O–H groups in total. The number of carbonyl (C=O) groups is 3. The number of phosphoric acid groups is 1. The number of hydrogen-bond donors (Lipinski definition) is 5. The number of carbonyl (C=O) groups excluding carboxylic acids is 3. The fourth-order valence-electron chi connectivity index (χ4n) is 6.46. The first-order valence-corrected chi connectivity index (χ1v) is 23.8. The number of ether oxygens (including phenoxy) is 2. The highest BCUT2D eigenvalue weighted by atomic mass is 31.2. The van der Waals surface area contributed by atoms with Gasteiger partial charge in [-0.05, 0) is 64.2 Å². The maximum absolute atomic E-state index is 12.7. The highest BCUT2D eigenvalue weighted by Crippen LogP contribution is 2.43. The van der Waals surface area contributed by atoms with Crippen LogP contribution in [0.15, 0.2) is 60.8 Å². The van der Waals surface area contributed by atoms with Crippen LogP contribution in [-0.4, -0.2) is 93.9 Å². The van der Waals surface area contributed by atoms with Crippen LogP contribution in [0, 0.1) is 11.8 Å². The first kappa shape index (κ1) is 55.3. The minimum absolute atomic E-state index is 0.0198. The van der Waals surface area contributed by atoms with Gasteiger partial charge < -0.3 is 34.8 Å². The number of aliphatic hydroxyl groups is 4. The first-order valence-electron chi connectivity index (χ1n) is 22.3. The van der Waals surface area contributed by atoms with Crippen molar-refractivity contribution in [1.82, 2.24) is 0 Å². The van der Waals surface area contributed by atoms with E-state index in [9.17, 15) is 39.2 Å². The maximum atomic E-state index is 12.7. The molecule has 1 unspecified atom stereocenters. The van der Waals surface area contributed by atoms with Gasteiger partial charge in [0.1, 0.15) is 18.5 Å². The highest BCUT2D eigenvalue weighted by Gasteiger charge is 2.39. The lowest BCUT2D eigenvalue weighted by Gasteiger charge is -2.20. The molecule has 13 nitrogen and oxygen atoms in total. The molecule has 1 rings (SSSR count). The summed E-state index contributed by atoms with van der Waals surface area (Å²) in [6.07, 6.45) is 32.8. The van der Waals surface area contributed by atoms with Gasteiger partial charge in [-0.25, -0.2) is 4.57 Å². The molecule has 0 aromatic rings. The number of ketones is 1. The molecule has 1 saturated carbocycles. The minimum Gasteiger partial charge on any atom is -0.462 e.